The fourth-order valence-electron chi connectivity index (χ4n) is 1.17. The maximum absolute atomic E-state index is 10.8. The molecule has 0 bridgehead atoms. The molecule has 18 heavy (non-hydrogen) atoms. The van der Waals surface area contributed by atoms with Crippen LogP contribution in [0.1, 0.15) is 40.0 Å². The van der Waals surface area contributed by atoms with Crippen molar-refractivity contribution in [1.29, 1.82) is 0 Å². The molecule has 2 nitrogen and oxygen atoms in total. The lowest BCUT2D eigenvalue weighted by Gasteiger charge is -2.20. The summed E-state index contributed by atoms with van der Waals surface area (Å²) in [6.07, 6.45) is -2.16. The average molecular weight is 270 g/mol. The quantitative estimate of drug-likeness (QED) is 0.661. The van der Waals surface area contributed by atoms with Crippen LogP contribution in [-0.4, -0.2) is 32.6 Å². The molecular weight excluding hydrogens is 245 g/mol. The Morgan fingerprint density at radius 3 is 1.44 bits per heavy atom. The molecule has 0 aromatic rings. The van der Waals surface area contributed by atoms with Gasteiger partial charge in [0.1, 0.15) is 0 Å². The zero-order valence-electron chi connectivity index (χ0n) is 11.6. The lowest BCUT2D eigenvalue weighted by atomic mass is 10.0. The largest absolute Gasteiger partial charge is 0.388 e. The fraction of sp³-hybridized carbons (Fsp3) is 1.00. The van der Waals surface area contributed by atoms with E-state index in [0.717, 1.165) is 45.2 Å². The summed E-state index contributed by atoms with van der Waals surface area (Å²) in [6, 6.07) is 0. The molecule has 0 saturated carbocycles. The van der Waals surface area contributed by atoms with Crippen LogP contribution in [0.2, 0.25) is 0 Å². The second-order valence-electron chi connectivity index (χ2n) is 4.91. The maximum Gasteiger partial charge on any atom is 0.388 e. The summed E-state index contributed by atoms with van der Waals surface area (Å²) in [4.78, 5) is 0. The maximum atomic E-state index is 10.8. The van der Waals surface area contributed by atoms with Crippen molar-refractivity contribution in [2.75, 3.05) is 26.4 Å². The van der Waals surface area contributed by atoms with Gasteiger partial charge in [-0.1, -0.05) is 20.8 Å². The topological polar surface area (TPSA) is 18.5 Å². The second kappa shape index (κ2) is 9.62. The van der Waals surface area contributed by atoms with Crippen LogP contribution in [0, 0.1) is 11.8 Å². The first-order valence-corrected chi connectivity index (χ1v) is 6.57. The van der Waals surface area contributed by atoms with Gasteiger partial charge in [-0.2, -0.15) is 13.2 Å². The van der Waals surface area contributed by atoms with Gasteiger partial charge in [0.2, 0.25) is 0 Å². The first-order valence-electron chi connectivity index (χ1n) is 6.57. The molecule has 0 spiro atoms. The lowest BCUT2D eigenvalue weighted by molar-refractivity contribution is -0.130. The van der Waals surface area contributed by atoms with E-state index in [1.165, 1.54) is 12.8 Å². The molecule has 110 valence electrons. The van der Waals surface area contributed by atoms with Crippen molar-refractivity contribution >= 4 is 0 Å². The molecular formula is C13H25F3O2. The van der Waals surface area contributed by atoms with Gasteiger partial charge in [-0.15, -0.1) is 0 Å². The molecule has 2 aliphatic heterocycles. The van der Waals surface area contributed by atoms with E-state index in [0.29, 0.717) is 0 Å². The van der Waals surface area contributed by atoms with Gasteiger partial charge in [-0.25, -0.2) is 0 Å². The molecule has 2 fully saturated rings. The standard InChI is InChI=1S/C6H12O.C4H8O.C3H5F3/c1-6-2-4-7-5-3-6;1-4-2-5-3-4;1-2-3(4,5)6/h6H,2-5H2,1H3;4H,2-3H2,1H3;2H2,1H3. The predicted octanol–water partition coefficient (Wildman–Crippen LogP) is 4.04. The summed E-state index contributed by atoms with van der Waals surface area (Å²) in [5.41, 5.74) is 0. The monoisotopic (exact) mass is 270 g/mol. The number of rotatable bonds is 0. The summed E-state index contributed by atoms with van der Waals surface area (Å²) in [6.45, 7) is 9.49. The minimum Gasteiger partial charge on any atom is -0.381 e. The zero-order chi connectivity index (χ0) is 14.0. The molecule has 0 aliphatic carbocycles. The van der Waals surface area contributed by atoms with E-state index in [2.05, 4.69) is 13.8 Å². The molecule has 2 rings (SSSR count). The Balaban J connectivity index is 0.000000244. The second-order valence-corrected chi connectivity index (χ2v) is 4.91. The van der Waals surface area contributed by atoms with Gasteiger partial charge >= 0.3 is 6.18 Å². The third kappa shape index (κ3) is 12.2. The van der Waals surface area contributed by atoms with Crippen LogP contribution in [0.5, 0.6) is 0 Å². The normalized spacial score (nSPS) is 21.0. The Hall–Kier alpha value is -0.290. The van der Waals surface area contributed by atoms with Crippen molar-refractivity contribution < 1.29 is 22.6 Å². The van der Waals surface area contributed by atoms with E-state index in [1.54, 1.807) is 0 Å². The third-order valence-corrected chi connectivity index (χ3v) is 2.72. The van der Waals surface area contributed by atoms with E-state index in [9.17, 15) is 13.2 Å². The summed E-state index contributed by atoms with van der Waals surface area (Å²) in [5, 5.41) is 0. The van der Waals surface area contributed by atoms with Gasteiger partial charge in [0.05, 0.1) is 13.2 Å². The molecule has 0 aromatic carbocycles. The summed E-state index contributed by atoms with van der Waals surface area (Å²) in [5.74, 6) is 1.75. The van der Waals surface area contributed by atoms with Crippen LogP contribution in [0.25, 0.3) is 0 Å². The van der Waals surface area contributed by atoms with Gasteiger partial charge < -0.3 is 9.47 Å². The number of halogens is 3. The molecule has 0 unspecified atom stereocenters. The Kier molecular flexibility index (Phi) is 9.46. The van der Waals surface area contributed by atoms with Gasteiger partial charge in [-0.3, -0.25) is 0 Å². The Morgan fingerprint density at radius 1 is 0.944 bits per heavy atom. The Morgan fingerprint density at radius 2 is 1.33 bits per heavy atom. The Bertz CT molecular complexity index is 185. The molecule has 0 N–H and O–H groups in total. The van der Waals surface area contributed by atoms with Crippen molar-refractivity contribution in [1.82, 2.24) is 0 Å². The molecule has 0 atom stereocenters. The van der Waals surface area contributed by atoms with E-state index in [1.807, 2.05) is 0 Å². The summed E-state index contributed by atoms with van der Waals surface area (Å²) >= 11 is 0. The highest BCUT2D eigenvalue weighted by Gasteiger charge is 2.22. The van der Waals surface area contributed by atoms with Crippen LogP contribution in [0.3, 0.4) is 0 Å². The number of hydrogen-bond acceptors (Lipinski definition) is 2. The molecule has 5 heteroatoms. The molecule has 0 aromatic heterocycles. The van der Waals surface area contributed by atoms with Crippen molar-refractivity contribution in [2.45, 2.75) is 46.2 Å². The highest BCUT2D eigenvalue weighted by molar-refractivity contribution is 4.56. The van der Waals surface area contributed by atoms with Crippen LogP contribution in [0.15, 0.2) is 0 Å². The highest BCUT2D eigenvalue weighted by Crippen LogP contribution is 2.17. The molecule has 2 heterocycles. The summed E-state index contributed by atoms with van der Waals surface area (Å²) in [7, 11) is 0. The van der Waals surface area contributed by atoms with Gasteiger partial charge in [0, 0.05) is 25.6 Å². The van der Waals surface area contributed by atoms with Crippen molar-refractivity contribution in [3.05, 3.63) is 0 Å². The molecule has 0 amide bonds. The van der Waals surface area contributed by atoms with Gasteiger partial charge in [-0.05, 0) is 18.8 Å². The van der Waals surface area contributed by atoms with E-state index in [4.69, 9.17) is 9.47 Å². The Labute approximate surface area is 108 Å². The van der Waals surface area contributed by atoms with Crippen molar-refractivity contribution in [2.24, 2.45) is 11.8 Å². The average Bonchev–Trinajstić information content (AvgIpc) is 2.28. The van der Waals surface area contributed by atoms with E-state index < -0.39 is 12.6 Å². The number of alkyl halides is 3. The minimum atomic E-state index is -3.96. The third-order valence-electron chi connectivity index (χ3n) is 2.72. The summed E-state index contributed by atoms with van der Waals surface area (Å²) < 4.78 is 42.3. The van der Waals surface area contributed by atoms with Crippen LogP contribution < -0.4 is 0 Å². The van der Waals surface area contributed by atoms with Crippen LogP contribution in [0.4, 0.5) is 13.2 Å². The highest BCUT2D eigenvalue weighted by atomic mass is 19.4. The first kappa shape index (κ1) is 17.7. The van der Waals surface area contributed by atoms with Crippen LogP contribution in [-0.2, 0) is 9.47 Å². The molecule has 2 saturated heterocycles. The van der Waals surface area contributed by atoms with Crippen molar-refractivity contribution in [3.8, 4) is 0 Å². The number of ether oxygens (including phenoxy) is 2. The van der Waals surface area contributed by atoms with E-state index in [-0.39, 0.29) is 0 Å². The zero-order valence-corrected chi connectivity index (χ0v) is 11.6. The molecule has 2 aliphatic rings. The predicted molar refractivity (Wildman–Crippen MR) is 65.5 cm³/mol. The van der Waals surface area contributed by atoms with Crippen LogP contribution >= 0.6 is 0 Å². The fourth-order valence-corrected chi connectivity index (χ4v) is 1.17. The first-order chi connectivity index (χ1) is 8.35. The van der Waals surface area contributed by atoms with E-state index >= 15 is 0 Å². The minimum absolute atomic E-state index is 0.729. The lowest BCUT2D eigenvalue weighted by Crippen LogP contribution is -2.23. The smallest absolute Gasteiger partial charge is 0.381 e. The number of hydrogen-bond donors (Lipinski definition) is 0. The van der Waals surface area contributed by atoms with Gasteiger partial charge in [0.25, 0.3) is 0 Å². The molecule has 0 radical (unpaired) electrons. The van der Waals surface area contributed by atoms with Crippen molar-refractivity contribution in [3.63, 3.8) is 0 Å². The SMILES string of the molecule is CC1CCOCC1.CC1COC1.CCC(F)(F)F. The van der Waals surface area contributed by atoms with Gasteiger partial charge in [0.15, 0.2) is 0 Å².